The van der Waals surface area contributed by atoms with E-state index >= 15 is 0 Å². The number of nitro groups is 1. The number of anilines is 2. The van der Waals surface area contributed by atoms with Crippen LogP contribution in [0.2, 0.25) is 0 Å². The Labute approximate surface area is 305 Å². The molecule has 0 bridgehead atoms. The second-order valence-electron chi connectivity index (χ2n) is 11.1. The molecule has 1 aromatic heterocycles. The summed E-state index contributed by atoms with van der Waals surface area (Å²) in [5, 5.41) is 20.8. The minimum Gasteiger partial charge on any atom is -0.321 e. The van der Waals surface area contributed by atoms with E-state index in [0.717, 1.165) is 10.5 Å². The van der Waals surface area contributed by atoms with Crippen LogP contribution in [-0.2, 0) is 9.59 Å². The maximum absolute atomic E-state index is 14.5. The molecule has 6 aromatic rings. The second kappa shape index (κ2) is 16.5. The number of nitro benzene ring substituents is 1. The molecule has 13 heteroatoms. The number of non-ortho nitro benzene ring substituents is 1. The second-order valence-corrected chi connectivity index (χ2v) is 13.2. The van der Waals surface area contributed by atoms with E-state index in [1.165, 1.54) is 59.5 Å². The summed E-state index contributed by atoms with van der Waals surface area (Å²) in [6, 6.07) is 36.4. The van der Waals surface area contributed by atoms with Gasteiger partial charge in [-0.05, 0) is 54.1 Å². The Hall–Kier alpha value is -6.44. The number of carbonyl (C=O) groups excluding carboxylic acids is 3. The molecule has 5 aromatic carbocycles. The maximum atomic E-state index is 14.5. The number of carbonyl (C=O) groups is 3. The zero-order valence-electron chi connectivity index (χ0n) is 27.1. The van der Waals surface area contributed by atoms with Crippen molar-refractivity contribution in [3.8, 4) is 11.3 Å². The fourth-order valence-corrected chi connectivity index (χ4v) is 6.70. The van der Waals surface area contributed by atoms with Crippen LogP contribution in [0, 0.1) is 15.9 Å². The van der Waals surface area contributed by atoms with E-state index < -0.39 is 27.8 Å². The number of aromatic nitrogens is 1. The summed E-state index contributed by atoms with van der Waals surface area (Å²) in [7, 11) is 0. The van der Waals surface area contributed by atoms with Gasteiger partial charge in [0, 0.05) is 44.8 Å². The molecule has 0 saturated heterocycles. The Kier molecular flexibility index (Phi) is 11.2. The molecule has 258 valence electrons. The van der Waals surface area contributed by atoms with Crippen LogP contribution in [0.3, 0.4) is 0 Å². The van der Waals surface area contributed by atoms with Crippen molar-refractivity contribution in [1.82, 2.24) is 10.3 Å². The lowest BCUT2D eigenvalue weighted by atomic mass is 10.1. The molecular weight excluding hydrogens is 702 g/mol. The van der Waals surface area contributed by atoms with Gasteiger partial charge in [-0.1, -0.05) is 78.9 Å². The number of rotatable bonds is 12. The van der Waals surface area contributed by atoms with Crippen molar-refractivity contribution in [2.75, 3.05) is 10.6 Å². The summed E-state index contributed by atoms with van der Waals surface area (Å²) >= 11 is 2.49. The Balaban J connectivity index is 1.17. The monoisotopic (exact) mass is 729 g/mol. The fourth-order valence-electron chi connectivity index (χ4n) is 4.96. The summed E-state index contributed by atoms with van der Waals surface area (Å²) in [5.41, 5.74) is 2.43. The van der Waals surface area contributed by atoms with Crippen LogP contribution in [0.4, 0.5) is 20.9 Å². The molecule has 0 aliphatic rings. The van der Waals surface area contributed by atoms with Crippen LogP contribution in [0.1, 0.15) is 26.7 Å². The average Bonchev–Trinajstić information content (AvgIpc) is 3.64. The molecule has 3 N–H and O–H groups in total. The van der Waals surface area contributed by atoms with Crippen molar-refractivity contribution >= 4 is 63.4 Å². The summed E-state index contributed by atoms with van der Waals surface area (Å²) < 4.78 is 14.5. The van der Waals surface area contributed by atoms with Gasteiger partial charge in [0.15, 0.2) is 5.13 Å². The third kappa shape index (κ3) is 9.01. The van der Waals surface area contributed by atoms with Gasteiger partial charge >= 0.3 is 0 Å². The highest BCUT2D eigenvalue weighted by Gasteiger charge is 2.24. The van der Waals surface area contributed by atoms with E-state index in [1.54, 1.807) is 78.2 Å². The number of hydrogen-bond donors (Lipinski definition) is 3. The van der Waals surface area contributed by atoms with Gasteiger partial charge in [0.1, 0.15) is 16.8 Å². The quantitative estimate of drug-likeness (QED) is 0.0495. The number of halogens is 1. The van der Waals surface area contributed by atoms with Crippen LogP contribution in [0.15, 0.2) is 149 Å². The van der Waals surface area contributed by atoms with Gasteiger partial charge in [-0.3, -0.25) is 24.5 Å². The average molecular weight is 730 g/mol. The number of nitrogens with one attached hydrogen (secondary N) is 3. The Morgan fingerprint density at radius 1 is 0.827 bits per heavy atom. The molecule has 0 fully saturated rings. The molecule has 0 saturated carbocycles. The first-order chi connectivity index (χ1) is 25.2. The van der Waals surface area contributed by atoms with Gasteiger partial charge in [-0.2, -0.15) is 0 Å². The molecule has 1 unspecified atom stereocenters. The largest absolute Gasteiger partial charge is 0.321 e. The van der Waals surface area contributed by atoms with Crippen LogP contribution < -0.4 is 16.0 Å². The Morgan fingerprint density at radius 2 is 1.52 bits per heavy atom. The number of hydrogen-bond acceptors (Lipinski definition) is 8. The van der Waals surface area contributed by atoms with Crippen LogP contribution in [0.5, 0.6) is 0 Å². The molecule has 0 spiro atoms. The molecule has 6 rings (SSSR count). The minimum absolute atomic E-state index is 0.0588. The summed E-state index contributed by atoms with van der Waals surface area (Å²) in [6.45, 7) is 0. The normalized spacial score (nSPS) is 11.7. The first-order valence-electron chi connectivity index (χ1n) is 15.7. The first-order valence-corrected chi connectivity index (χ1v) is 17.5. The zero-order valence-corrected chi connectivity index (χ0v) is 28.7. The summed E-state index contributed by atoms with van der Waals surface area (Å²) in [5.74, 6) is -2.08. The highest BCUT2D eigenvalue weighted by atomic mass is 32.2. The standard InChI is InChI=1S/C39H28FN5O5S2/c40-32-17-8-7-14-27(32)23-33(42-36(46)26-12-5-2-6-13-26)37(47)41-29-18-20-31(21-19-29)52-35(25-10-3-1-4-11-25)38(48)44-39-43-34(24-51-39)28-15-9-16-30(22-28)45(49)50/h1-24,35H,(H,41,47)(H,42,46)(H,43,44,48)/b33-23-. The molecule has 1 heterocycles. The number of amides is 3. The van der Waals surface area contributed by atoms with Gasteiger partial charge in [0.2, 0.25) is 5.91 Å². The van der Waals surface area contributed by atoms with Crippen molar-refractivity contribution in [3.63, 3.8) is 0 Å². The van der Waals surface area contributed by atoms with E-state index in [0.29, 0.717) is 27.6 Å². The predicted octanol–water partition coefficient (Wildman–Crippen LogP) is 8.74. The fraction of sp³-hybridized carbons (Fsp3) is 0.0256. The Morgan fingerprint density at radius 3 is 2.23 bits per heavy atom. The molecule has 52 heavy (non-hydrogen) atoms. The minimum atomic E-state index is -0.685. The van der Waals surface area contributed by atoms with Crippen LogP contribution >= 0.6 is 23.1 Å². The third-order valence-corrected chi connectivity index (χ3v) is 9.55. The number of nitrogens with zero attached hydrogens (tertiary/aromatic N) is 2. The molecule has 0 aliphatic heterocycles. The van der Waals surface area contributed by atoms with Gasteiger partial charge in [-0.25, -0.2) is 9.37 Å². The lowest BCUT2D eigenvalue weighted by molar-refractivity contribution is -0.384. The van der Waals surface area contributed by atoms with Crippen molar-refractivity contribution in [1.29, 1.82) is 0 Å². The summed E-state index contributed by atoms with van der Waals surface area (Å²) in [4.78, 5) is 56.0. The van der Waals surface area contributed by atoms with Crippen LogP contribution in [0.25, 0.3) is 17.3 Å². The first kappa shape index (κ1) is 35.4. The van der Waals surface area contributed by atoms with Gasteiger partial charge in [0.05, 0.1) is 10.6 Å². The lowest BCUT2D eigenvalue weighted by Gasteiger charge is -2.17. The van der Waals surface area contributed by atoms with Gasteiger partial charge in [0.25, 0.3) is 17.5 Å². The molecule has 0 aliphatic carbocycles. The summed E-state index contributed by atoms with van der Waals surface area (Å²) in [6.07, 6.45) is 1.27. The van der Waals surface area contributed by atoms with Crippen molar-refractivity contribution < 1.29 is 23.7 Å². The molecule has 10 nitrogen and oxygen atoms in total. The van der Waals surface area contributed by atoms with Crippen molar-refractivity contribution in [2.45, 2.75) is 10.1 Å². The van der Waals surface area contributed by atoms with Crippen LogP contribution in [-0.4, -0.2) is 27.6 Å². The highest BCUT2D eigenvalue weighted by Crippen LogP contribution is 2.37. The van der Waals surface area contributed by atoms with Gasteiger partial charge < -0.3 is 16.0 Å². The molecule has 1 atom stereocenters. The lowest BCUT2D eigenvalue weighted by Crippen LogP contribution is -2.30. The molecular formula is C39H28FN5O5S2. The molecule has 3 amide bonds. The smallest absolute Gasteiger partial charge is 0.272 e. The highest BCUT2D eigenvalue weighted by molar-refractivity contribution is 8.00. The van der Waals surface area contributed by atoms with E-state index in [2.05, 4.69) is 20.9 Å². The van der Waals surface area contributed by atoms with E-state index in [1.807, 2.05) is 30.3 Å². The van der Waals surface area contributed by atoms with Crippen molar-refractivity contribution in [3.05, 3.63) is 177 Å². The van der Waals surface area contributed by atoms with E-state index in [9.17, 15) is 28.9 Å². The van der Waals surface area contributed by atoms with Gasteiger partial charge in [-0.15, -0.1) is 23.1 Å². The van der Waals surface area contributed by atoms with E-state index in [4.69, 9.17) is 0 Å². The van der Waals surface area contributed by atoms with E-state index in [-0.39, 0.29) is 22.9 Å². The number of thiazole rings is 1. The topological polar surface area (TPSA) is 143 Å². The predicted molar refractivity (Wildman–Crippen MR) is 201 cm³/mol. The number of thioether (sulfide) groups is 1. The SMILES string of the molecule is O=C(Nc1ccc(SC(C(=O)Nc2nc(-c3cccc([N+](=O)[O-])c3)cs2)c2ccccc2)cc1)/C(=C/c1ccccc1F)NC(=O)c1ccccc1. The third-order valence-electron chi connectivity index (χ3n) is 7.53. The Bertz CT molecular complexity index is 2260. The number of benzene rings is 5. The molecule has 0 radical (unpaired) electrons. The van der Waals surface area contributed by atoms with Crippen molar-refractivity contribution in [2.24, 2.45) is 0 Å². The maximum Gasteiger partial charge on any atom is 0.272 e. The zero-order chi connectivity index (χ0) is 36.5.